The molecule has 0 bridgehead atoms. The van der Waals surface area contributed by atoms with E-state index in [1.807, 2.05) is 6.20 Å². The molecule has 2 unspecified atom stereocenters. The molecule has 2 N–H and O–H groups in total. The minimum absolute atomic E-state index is 0.437. The molecule has 1 aromatic rings. The third-order valence-electron chi connectivity index (χ3n) is 3.51. The number of hydrogen-bond donors (Lipinski definition) is 1. The smallest absolute Gasteiger partial charge is 0.0962 e. The van der Waals surface area contributed by atoms with E-state index >= 15 is 0 Å². The lowest BCUT2D eigenvalue weighted by Crippen LogP contribution is -2.20. The van der Waals surface area contributed by atoms with Gasteiger partial charge in [-0.05, 0) is 24.7 Å². The third kappa shape index (κ3) is 3.65. The van der Waals surface area contributed by atoms with Crippen LogP contribution in [0, 0.1) is 11.8 Å². The third-order valence-corrected chi connectivity index (χ3v) is 3.51. The lowest BCUT2D eigenvalue weighted by molar-refractivity contribution is 0.0722. The molecule has 18 heavy (non-hydrogen) atoms. The van der Waals surface area contributed by atoms with Gasteiger partial charge in [-0.1, -0.05) is 24.3 Å². The van der Waals surface area contributed by atoms with Crippen LogP contribution in [0.25, 0.3) is 0 Å². The molecule has 1 aromatic heterocycles. The average molecular weight is 250 g/mol. The molecule has 1 aliphatic carbocycles. The highest BCUT2D eigenvalue weighted by atomic mass is 16.5. The molecule has 100 valence electrons. The summed E-state index contributed by atoms with van der Waals surface area (Å²) in [6.07, 6.45) is 8.72. The van der Waals surface area contributed by atoms with Crippen molar-refractivity contribution in [2.24, 2.45) is 17.6 Å². The maximum absolute atomic E-state index is 5.74. The zero-order valence-corrected chi connectivity index (χ0v) is 11.0. The Morgan fingerprint density at radius 1 is 1.44 bits per heavy atom. The zero-order chi connectivity index (χ0) is 12.8. The molecule has 0 spiro atoms. The molecular weight excluding hydrogens is 228 g/mol. The summed E-state index contributed by atoms with van der Waals surface area (Å²) in [6, 6.07) is 0. The summed E-state index contributed by atoms with van der Waals surface area (Å²) in [5.41, 5.74) is 6.30. The van der Waals surface area contributed by atoms with Gasteiger partial charge in [0.1, 0.15) is 0 Å². The summed E-state index contributed by atoms with van der Waals surface area (Å²) in [4.78, 5) is 0. The molecule has 5 nitrogen and oxygen atoms in total. The molecule has 0 saturated carbocycles. The molecule has 0 radical (unpaired) electrons. The van der Waals surface area contributed by atoms with Crippen LogP contribution in [-0.2, 0) is 17.8 Å². The predicted octanol–water partition coefficient (Wildman–Crippen LogP) is 1.36. The SMILES string of the molecule is CC1CC=CCC1COCCn1cc(CN)nn1. The largest absolute Gasteiger partial charge is 0.379 e. The van der Waals surface area contributed by atoms with Crippen LogP contribution >= 0.6 is 0 Å². The van der Waals surface area contributed by atoms with Gasteiger partial charge in [0.2, 0.25) is 0 Å². The van der Waals surface area contributed by atoms with E-state index in [0.29, 0.717) is 19.1 Å². The lowest BCUT2D eigenvalue weighted by Gasteiger charge is -2.24. The summed E-state index contributed by atoms with van der Waals surface area (Å²) in [6.45, 7) is 4.99. The number of allylic oxidation sites excluding steroid dienone is 2. The van der Waals surface area contributed by atoms with Crippen LogP contribution in [0.1, 0.15) is 25.5 Å². The van der Waals surface area contributed by atoms with E-state index in [0.717, 1.165) is 31.2 Å². The van der Waals surface area contributed by atoms with Crippen LogP contribution in [0.15, 0.2) is 18.3 Å². The minimum Gasteiger partial charge on any atom is -0.379 e. The number of ether oxygens (including phenoxy) is 1. The highest BCUT2D eigenvalue weighted by Gasteiger charge is 2.17. The van der Waals surface area contributed by atoms with Crippen molar-refractivity contribution >= 4 is 0 Å². The second-order valence-corrected chi connectivity index (χ2v) is 4.93. The minimum atomic E-state index is 0.437. The number of hydrogen-bond acceptors (Lipinski definition) is 4. The Balaban J connectivity index is 1.65. The molecule has 2 rings (SSSR count). The van der Waals surface area contributed by atoms with Crippen molar-refractivity contribution in [3.8, 4) is 0 Å². The first kappa shape index (κ1) is 13.2. The van der Waals surface area contributed by atoms with E-state index in [1.165, 1.54) is 6.42 Å². The Morgan fingerprint density at radius 3 is 3.00 bits per heavy atom. The number of nitrogens with two attached hydrogens (primary N) is 1. The van der Waals surface area contributed by atoms with E-state index in [9.17, 15) is 0 Å². The molecule has 0 amide bonds. The molecule has 0 aromatic carbocycles. The fraction of sp³-hybridized carbons (Fsp3) is 0.692. The molecule has 0 aliphatic heterocycles. The molecule has 5 heteroatoms. The quantitative estimate of drug-likeness (QED) is 0.611. The molecule has 2 atom stereocenters. The van der Waals surface area contributed by atoms with Gasteiger partial charge in [-0.3, -0.25) is 0 Å². The maximum atomic E-state index is 5.74. The Kier molecular flexibility index (Phi) is 4.90. The van der Waals surface area contributed by atoms with Crippen molar-refractivity contribution in [2.75, 3.05) is 13.2 Å². The van der Waals surface area contributed by atoms with E-state index in [4.69, 9.17) is 10.5 Å². The summed E-state index contributed by atoms with van der Waals surface area (Å²) in [5, 5.41) is 7.92. The van der Waals surface area contributed by atoms with E-state index < -0.39 is 0 Å². The maximum Gasteiger partial charge on any atom is 0.0962 e. The normalized spacial score (nSPS) is 23.4. The fourth-order valence-corrected chi connectivity index (χ4v) is 2.17. The summed E-state index contributed by atoms with van der Waals surface area (Å²) in [5.74, 6) is 1.38. The van der Waals surface area contributed by atoms with Crippen LogP contribution in [0.3, 0.4) is 0 Å². The first-order valence-electron chi connectivity index (χ1n) is 6.61. The number of nitrogens with zero attached hydrogens (tertiary/aromatic N) is 3. The molecular formula is C13H22N4O. The summed E-state index contributed by atoms with van der Waals surface area (Å²) in [7, 11) is 0. The topological polar surface area (TPSA) is 66.0 Å². The highest BCUT2D eigenvalue weighted by molar-refractivity contribution is 4.93. The molecule has 1 heterocycles. The van der Waals surface area contributed by atoms with Gasteiger partial charge in [-0.25, -0.2) is 4.68 Å². The van der Waals surface area contributed by atoms with Crippen LogP contribution in [0.2, 0.25) is 0 Å². The lowest BCUT2D eigenvalue weighted by atomic mass is 9.85. The van der Waals surface area contributed by atoms with Crippen molar-refractivity contribution in [3.63, 3.8) is 0 Å². The van der Waals surface area contributed by atoms with Gasteiger partial charge in [0.05, 0.1) is 25.5 Å². The van der Waals surface area contributed by atoms with Crippen molar-refractivity contribution in [3.05, 3.63) is 24.0 Å². The second-order valence-electron chi connectivity index (χ2n) is 4.93. The van der Waals surface area contributed by atoms with Gasteiger partial charge in [0.15, 0.2) is 0 Å². The second kappa shape index (κ2) is 6.66. The van der Waals surface area contributed by atoms with E-state index in [-0.39, 0.29) is 0 Å². The average Bonchev–Trinajstić information content (AvgIpc) is 2.84. The van der Waals surface area contributed by atoms with Gasteiger partial charge in [-0.15, -0.1) is 5.10 Å². The first-order chi connectivity index (χ1) is 8.79. The monoisotopic (exact) mass is 250 g/mol. The van der Waals surface area contributed by atoms with Crippen molar-refractivity contribution in [1.29, 1.82) is 0 Å². The summed E-state index contributed by atoms with van der Waals surface area (Å²) >= 11 is 0. The Morgan fingerprint density at radius 2 is 2.28 bits per heavy atom. The number of rotatable bonds is 6. The summed E-state index contributed by atoms with van der Waals surface area (Å²) < 4.78 is 7.52. The molecule has 0 fully saturated rings. The van der Waals surface area contributed by atoms with Crippen LogP contribution in [0.4, 0.5) is 0 Å². The molecule has 1 aliphatic rings. The van der Waals surface area contributed by atoms with Crippen molar-refractivity contribution in [1.82, 2.24) is 15.0 Å². The van der Waals surface area contributed by atoms with Crippen molar-refractivity contribution in [2.45, 2.75) is 32.9 Å². The standard InChI is InChI=1S/C13H22N4O/c1-11-4-2-3-5-12(11)10-18-7-6-17-9-13(8-14)15-16-17/h2-3,9,11-12H,4-8,10,14H2,1H3. The Hall–Kier alpha value is -1.20. The van der Waals surface area contributed by atoms with Gasteiger partial charge in [-0.2, -0.15) is 0 Å². The van der Waals surface area contributed by atoms with Crippen LogP contribution < -0.4 is 5.73 Å². The number of aromatic nitrogens is 3. The van der Waals surface area contributed by atoms with Gasteiger partial charge < -0.3 is 10.5 Å². The Bertz CT molecular complexity index is 388. The van der Waals surface area contributed by atoms with Gasteiger partial charge >= 0.3 is 0 Å². The highest BCUT2D eigenvalue weighted by Crippen LogP contribution is 2.24. The van der Waals surface area contributed by atoms with E-state index in [2.05, 4.69) is 29.4 Å². The van der Waals surface area contributed by atoms with Crippen LogP contribution in [0.5, 0.6) is 0 Å². The first-order valence-corrected chi connectivity index (χ1v) is 6.61. The van der Waals surface area contributed by atoms with Gasteiger partial charge in [0, 0.05) is 12.7 Å². The Labute approximate surface area is 108 Å². The predicted molar refractivity (Wildman–Crippen MR) is 69.8 cm³/mol. The molecule has 0 saturated heterocycles. The van der Waals surface area contributed by atoms with E-state index in [1.54, 1.807) is 4.68 Å². The van der Waals surface area contributed by atoms with Crippen molar-refractivity contribution < 1.29 is 4.74 Å². The van der Waals surface area contributed by atoms with Crippen LogP contribution in [-0.4, -0.2) is 28.2 Å². The fourth-order valence-electron chi connectivity index (χ4n) is 2.17. The van der Waals surface area contributed by atoms with Gasteiger partial charge in [0.25, 0.3) is 0 Å². The zero-order valence-electron chi connectivity index (χ0n) is 11.0.